The Kier molecular flexibility index (Phi) is 5.38. The van der Waals surface area contributed by atoms with Crippen LogP contribution >= 0.6 is 11.6 Å². The molecule has 8 nitrogen and oxygen atoms in total. The molecule has 3 aromatic rings. The first-order valence-electron chi connectivity index (χ1n) is 8.98. The molecule has 1 aliphatic rings. The van der Waals surface area contributed by atoms with Gasteiger partial charge < -0.3 is 19.5 Å². The molecule has 1 amide bonds. The van der Waals surface area contributed by atoms with Crippen LogP contribution < -0.4 is 24.2 Å². The van der Waals surface area contributed by atoms with Gasteiger partial charge in [0.25, 0.3) is 15.9 Å². The summed E-state index contributed by atoms with van der Waals surface area (Å²) in [5, 5.41) is 3.15. The van der Waals surface area contributed by atoms with Crippen LogP contribution in [0.2, 0.25) is 5.02 Å². The monoisotopic (exact) mass is 460 g/mol. The molecule has 160 valence electrons. The van der Waals surface area contributed by atoms with Gasteiger partial charge in [-0.05, 0) is 48.5 Å². The van der Waals surface area contributed by atoms with E-state index in [1.807, 2.05) is 0 Å². The molecule has 31 heavy (non-hydrogen) atoms. The standard InChI is InChI=1S/C21H17ClN2O6S/c1-28-14-5-8-20(19(11-14)29-2)31(26,27)24-13-4-7-17-15(10-13)21(25)23-16-9-12(22)3-6-18(16)30-17/h3-11,24H,1-2H3,(H,23,25). The fraction of sp³-hybridized carbons (Fsp3) is 0.0952. The number of rotatable bonds is 5. The number of amides is 1. The van der Waals surface area contributed by atoms with Crippen molar-refractivity contribution in [1.29, 1.82) is 0 Å². The summed E-state index contributed by atoms with van der Waals surface area (Å²) in [4.78, 5) is 12.6. The second-order valence-corrected chi connectivity index (χ2v) is 8.62. The van der Waals surface area contributed by atoms with Crippen LogP contribution in [-0.4, -0.2) is 28.5 Å². The summed E-state index contributed by atoms with van der Waals surface area (Å²) in [6.45, 7) is 0. The van der Waals surface area contributed by atoms with Gasteiger partial charge in [0.05, 0.1) is 25.5 Å². The Bertz CT molecular complexity index is 1290. The van der Waals surface area contributed by atoms with E-state index in [1.165, 1.54) is 50.6 Å². The van der Waals surface area contributed by atoms with Crippen LogP contribution in [0.4, 0.5) is 11.4 Å². The van der Waals surface area contributed by atoms with E-state index in [2.05, 4.69) is 10.0 Å². The summed E-state index contributed by atoms with van der Waals surface area (Å²) in [5.74, 6) is 0.819. The van der Waals surface area contributed by atoms with E-state index in [0.29, 0.717) is 22.2 Å². The summed E-state index contributed by atoms with van der Waals surface area (Å²) in [6, 6.07) is 13.6. The zero-order chi connectivity index (χ0) is 22.2. The Labute approximate surface area is 183 Å². The van der Waals surface area contributed by atoms with Crippen LogP contribution in [-0.2, 0) is 10.0 Å². The average molecular weight is 461 g/mol. The van der Waals surface area contributed by atoms with Crippen LogP contribution in [0, 0.1) is 0 Å². The Morgan fingerprint density at radius 1 is 0.968 bits per heavy atom. The SMILES string of the molecule is COc1ccc(S(=O)(=O)Nc2ccc3c(c2)C(=O)Nc2cc(Cl)ccc2O3)c(OC)c1. The van der Waals surface area contributed by atoms with Gasteiger partial charge in [-0.25, -0.2) is 8.42 Å². The number of anilines is 2. The van der Waals surface area contributed by atoms with Gasteiger partial charge >= 0.3 is 0 Å². The van der Waals surface area contributed by atoms with Gasteiger partial charge in [0, 0.05) is 16.8 Å². The van der Waals surface area contributed by atoms with Crippen LogP contribution in [0.3, 0.4) is 0 Å². The predicted octanol–water partition coefficient (Wildman–Crippen LogP) is 4.52. The Balaban J connectivity index is 1.67. The molecule has 0 saturated carbocycles. The van der Waals surface area contributed by atoms with E-state index in [9.17, 15) is 13.2 Å². The molecule has 0 unspecified atom stereocenters. The molecule has 0 aromatic heterocycles. The lowest BCUT2D eigenvalue weighted by Crippen LogP contribution is -2.15. The Morgan fingerprint density at radius 3 is 2.48 bits per heavy atom. The van der Waals surface area contributed by atoms with Gasteiger partial charge in [-0.1, -0.05) is 11.6 Å². The second-order valence-electron chi connectivity index (χ2n) is 6.53. The smallest absolute Gasteiger partial charge is 0.265 e. The third kappa shape index (κ3) is 4.10. The van der Waals surface area contributed by atoms with E-state index in [0.717, 1.165) is 0 Å². The van der Waals surface area contributed by atoms with E-state index in [1.54, 1.807) is 18.2 Å². The fourth-order valence-electron chi connectivity index (χ4n) is 3.06. The molecule has 0 saturated heterocycles. The van der Waals surface area contributed by atoms with Gasteiger partial charge in [0.1, 0.15) is 22.1 Å². The van der Waals surface area contributed by atoms with E-state index in [-0.39, 0.29) is 27.6 Å². The second kappa shape index (κ2) is 8.01. The summed E-state index contributed by atoms with van der Waals surface area (Å²) >= 11 is 5.99. The lowest BCUT2D eigenvalue weighted by molar-refractivity contribution is 0.102. The summed E-state index contributed by atoms with van der Waals surface area (Å²) in [7, 11) is -1.18. The predicted molar refractivity (Wildman–Crippen MR) is 116 cm³/mol. The molecule has 0 radical (unpaired) electrons. The number of benzene rings is 3. The molecule has 0 bridgehead atoms. The van der Waals surface area contributed by atoms with Crippen LogP contribution in [0.15, 0.2) is 59.5 Å². The minimum atomic E-state index is -4.01. The van der Waals surface area contributed by atoms with Gasteiger partial charge in [-0.3, -0.25) is 9.52 Å². The minimum Gasteiger partial charge on any atom is -0.497 e. The number of nitrogens with one attached hydrogen (secondary N) is 2. The minimum absolute atomic E-state index is 0.0755. The topological polar surface area (TPSA) is 103 Å². The molecule has 3 aromatic carbocycles. The molecule has 1 aliphatic heterocycles. The molecule has 1 heterocycles. The number of hydrogen-bond donors (Lipinski definition) is 2. The molecule has 2 N–H and O–H groups in total. The van der Waals surface area contributed by atoms with Crippen molar-refractivity contribution in [3.05, 3.63) is 65.2 Å². The number of hydrogen-bond acceptors (Lipinski definition) is 6. The van der Waals surface area contributed by atoms with Crippen molar-refractivity contribution in [2.24, 2.45) is 0 Å². The largest absolute Gasteiger partial charge is 0.497 e. The first-order chi connectivity index (χ1) is 14.8. The molecular formula is C21H17ClN2O6S. The normalized spacial score (nSPS) is 12.5. The Hall–Kier alpha value is -3.43. The first-order valence-corrected chi connectivity index (χ1v) is 10.8. The van der Waals surface area contributed by atoms with Crippen molar-refractivity contribution in [1.82, 2.24) is 0 Å². The van der Waals surface area contributed by atoms with Gasteiger partial charge in [0.2, 0.25) is 0 Å². The van der Waals surface area contributed by atoms with Crippen LogP contribution in [0.25, 0.3) is 0 Å². The van der Waals surface area contributed by atoms with E-state index < -0.39 is 15.9 Å². The fourth-order valence-corrected chi connectivity index (χ4v) is 4.44. The Morgan fingerprint density at radius 2 is 1.74 bits per heavy atom. The third-order valence-electron chi connectivity index (χ3n) is 4.55. The van der Waals surface area contributed by atoms with Crippen molar-refractivity contribution in [3.63, 3.8) is 0 Å². The molecule has 0 atom stereocenters. The zero-order valence-electron chi connectivity index (χ0n) is 16.4. The maximum atomic E-state index is 12.9. The van der Waals surface area contributed by atoms with E-state index in [4.69, 9.17) is 25.8 Å². The first kappa shape index (κ1) is 20.8. The zero-order valence-corrected chi connectivity index (χ0v) is 18.0. The van der Waals surface area contributed by atoms with Crippen LogP contribution in [0.1, 0.15) is 10.4 Å². The molecule has 0 fully saturated rings. The van der Waals surface area contributed by atoms with Crippen LogP contribution in [0.5, 0.6) is 23.0 Å². The number of methoxy groups -OCH3 is 2. The highest BCUT2D eigenvalue weighted by Crippen LogP contribution is 2.38. The van der Waals surface area contributed by atoms with Gasteiger partial charge in [0.15, 0.2) is 5.75 Å². The molecular weight excluding hydrogens is 444 g/mol. The lowest BCUT2D eigenvalue weighted by atomic mass is 10.1. The maximum absolute atomic E-state index is 12.9. The van der Waals surface area contributed by atoms with Gasteiger partial charge in [-0.15, -0.1) is 0 Å². The quantitative estimate of drug-likeness (QED) is 0.580. The highest BCUT2D eigenvalue weighted by molar-refractivity contribution is 7.92. The number of halogens is 1. The van der Waals surface area contributed by atoms with E-state index >= 15 is 0 Å². The maximum Gasteiger partial charge on any atom is 0.265 e. The van der Waals surface area contributed by atoms with Crippen molar-refractivity contribution in [2.75, 3.05) is 24.3 Å². The molecule has 0 spiro atoms. The lowest BCUT2D eigenvalue weighted by Gasteiger charge is -2.14. The number of fused-ring (bicyclic) bond motifs is 2. The van der Waals surface area contributed by atoms with Crippen molar-refractivity contribution in [2.45, 2.75) is 4.90 Å². The molecule has 10 heteroatoms. The highest BCUT2D eigenvalue weighted by Gasteiger charge is 2.24. The summed E-state index contributed by atoms with van der Waals surface area (Å²) in [5.41, 5.74) is 0.757. The summed E-state index contributed by atoms with van der Waals surface area (Å²) < 4.78 is 44.4. The van der Waals surface area contributed by atoms with Crippen molar-refractivity contribution >= 4 is 38.9 Å². The number of carbonyl (C=O) groups excluding carboxylic acids is 1. The van der Waals surface area contributed by atoms with Gasteiger partial charge in [-0.2, -0.15) is 0 Å². The summed E-state index contributed by atoms with van der Waals surface area (Å²) in [6.07, 6.45) is 0. The molecule has 4 rings (SSSR count). The number of carbonyl (C=O) groups is 1. The molecule has 0 aliphatic carbocycles. The average Bonchev–Trinajstić information content (AvgIpc) is 2.88. The third-order valence-corrected chi connectivity index (χ3v) is 6.20. The van der Waals surface area contributed by atoms with Crippen molar-refractivity contribution < 1.29 is 27.4 Å². The number of ether oxygens (including phenoxy) is 3. The highest BCUT2D eigenvalue weighted by atomic mass is 35.5. The van der Waals surface area contributed by atoms with Crippen molar-refractivity contribution in [3.8, 4) is 23.0 Å². The number of sulfonamides is 1.